The zero-order valence-electron chi connectivity index (χ0n) is 9.91. The summed E-state index contributed by atoms with van der Waals surface area (Å²) >= 11 is 0. The van der Waals surface area contributed by atoms with Crippen molar-refractivity contribution in [3.05, 3.63) is 42.6 Å². The van der Waals surface area contributed by atoms with Crippen molar-refractivity contribution in [2.24, 2.45) is 0 Å². The first kappa shape index (κ1) is 10.9. The lowest BCUT2D eigenvalue weighted by Crippen LogP contribution is -2.07. The van der Waals surface area contributed by atoms with Crippen LogP contribution >= 0.6 is 0 Å². The third kappa shape index (κ3) is 2.09. The van der Waals surface area contributed by atoms with Crippen molar-refractivity contribution < 1.29 is 4.79 Å². The van der Waals surface area contributed by atoms with Crippen molar-refractivity contribution in [3.63, 3.8) is 0 Å². The molecule has 3 rings (SSSR count). The fraction of sp³-hybridized carbons (Fsp3) is 0.214. The van der Waals surface area contributed by atoms with Crippen molar-refractivity contribution in [2.75, 3.05) is 0 Å². The van der Waals surface area contributed by atoms with Crippen LogP contribution in [0.1, 0.15) is 19.3 Å². The average Bonchev–Trinajstić information content (AvgIpc) is 2.89. The predicted molar refractivity (Wildman–Crippen MR) is 68.6 cm³/mol. The van der Waals surface area contributed by atoms with Crippen LogP contribution in [0.25, 0.3) is 17.0 Å². The van der Waals surface area contributed by atoms with Gasteiger partial charge in [0.25, 0.3) is 0 Å². The molecular formula is C14H13N3O. The fourth-order valence-corrected chi connectivity index (χ4v) is 2.10. The minimum Gasteiger partial charge on any atom is -0.295 e. The third-order valence-electron chi connectivity index (χ3n) is 3.04. The number of nitrogens with zero attached hydrogens (tertiary/aromatic N) is 3. The molecule has 0 bridgehead atoms. The smallest absolute Gasteiger partial charge is 0.157 e. The van der Waals surface area contributed by atoms with Crippen LogP contribution in [-0.4, -0.2) is 20.8 Å². The summed E-state index contributed by atoms with van der Waals surface area (Å²) in [4.78, 5) is 11.4. The third-order valence-corrected chi connectivity index (χ3v) is 3.04. The van der Waals surface area contributed by atoms with E-state index in [1.807, 2.05) is 36.5 Å². The molecule has 1 aliphatic rings. The molecule has 0 unspecified atom stereocenters. The molecule has 0 aliphatic heterocycles. The van der Waals surface area contributed by atoms with E-state index in [1.165, 1.54) is 0 Å². The van der Waals surface area contributed by atoms with Crippen LogP contribution in [0.4, 0.5) is 0 Å². The standard InChI is InChI=1S/C14H13N3O/c18-13-8-4-7-12(9-13)17-10-14(15-16-17)11-5-2-1-3-6-11/h1-3,5-6,9-10H,4,7-8H2. The van der Waals surface area contributed by atoms with Gasteiger partial charge in [0.2, 0.25) is 0 Å². The second-order valence-corrected chi connectivity index (χ2v) is 4.37. The lowest BCUT2D eigenvalue weighted by molar-refractivity contribution is -0.114. The topological polar surface area (TPSA) is 47.8 Å². The number of rotatable bonds is 2. The Hall–Kier alpha value is -2.23. The van der Waals surface area contributed by atoms with E-state index in [9.17, 15) is 4.79 Å². The predicted octanol–water partition coefficient (Wildman–Crippen LogP) is 2.54. The Balaban J connectivity index is 1.93. The van der Waals surface area contributed by atoms with E-state index in [0.29, 0.717) is 6.42 Å². The normalized spacial score (nSPS) is 15.6. The summed E-state index contributed by atoms with van der Waals surface area (Å²) in [6.07, 6.45) is 5.96. The molecule has 4 nitrogen and oxygen atoms in total. The van der Waals surface area contributed by atoms with Gasteiger partial charge in [-0.25, -0.2) is 4.68 Å². The van der Waals surface area contributed by atoms with Gasteiger partial charge in [0, 0.05) is 23.8 Å². The fourth-order valence-electron chi connectivity index (χ4n) is 2.10. The molecule has 0 saturated heterocycles. The summed E-state index contributed by atoms with van der Waals surface area (Å²) < 4.78 is 1.71. The molecule has 0 fully saturated rings. The highest BCUT2D eigenvalue weighted by molar-refractivity contribution is 5.95. The van der Waals surface area contributed by atoms with E-state index in [-0.39, 0.29) is 5.78 Å². The summed E-state index contributed by atoms with van der Waals surface area (Å²) in [5.74, 6) is 0.174. The van der Waals surface area contributed by atoms with E-state index in [0.717, 1.165) is 29.8 Å². The van der Waals surface area contributed by atoms with Gasteiger partial charge in [-0.2, -0.15) is 0 Å². The van der Waals surface area contributed by atoms with Gasteiger partial charge in [0.05, 0.1) is 6.20 Å². The highest BCUT2D eigenvalue weighted by Gasteiger charge is 2.13. The first-order valence-corrected chi connectivity index (χ1v) is 6.04. The first-order valence-electron chi connectivity index (χ1n) is 6.04. The number of hydrogen-bond donors (Lipinski definition) is 0. The molecule has 0 saturated carbocycles. The van der Waals surface area contributed by atoms with Gasteiger partial charge in [-0.3, -0.25) is 4.79 Å². The number of carbonyl (C=O) groups is 1. The zero-order valence-corrected chi connectivity index (χ0v) is 9.91. The van der Waals surface area contributed by atoms with Crippen LogP contribution in [0.5, 0.6) is 0 Å². The minimum atomic E-state index is 0.174. The first-order chi connectivity index (χ1) is 8.83. The number of benzene rings is 1. The van der Waals surface area contributed by atoms with Gasteiger partial charge < -0.3 is 0 Å². The summed E-state index contributed by atoms with van der Waals surface area (Å²) in [7, 11) is 0. The van der Waals surface area contributed by atoms with Gasteiger partial charge in [-0.15, -0.1) is 5.10 Å². The molecule has 1 aromatic heterocycles. The van der Waals surface area contributed by atoms with Crippen molar-refractivity contribution in [1.82, 2.24) is 15.0 Å². The molecular weight excluding hydrogens is 226 g/mol. The Kier molecular flexibility index (Phi) is 2.76. The molecule has 2 aromatic rings. The molecule has 0 spiro atoms. The average molecular weight is 239 g/mol. The minimum absolute atomic E-state index is 0.174. The molecule has 0 atom stereocenters. The number of allylic oxidation sites excluding steroid dienone is 2. The molecule has 0 amide bonds. The van der Waals surface area contributed by atoms with E-state index in [4.69, 9.17) is 0 Å². The lowest BCUT2D eigenvalue weighted by Gasteiger charge is -2.10. The Morgan fingerprint density at radius 1 is 1.11 bits per heavy atom. The molecule has 1 heterocycles. The number of hydrogen-bond acceptors (Lipinski definition) is 3. The number of carbonyl (C=O) groups excluding carboxylic acids is 1. The van der Waals surface area contributed by atoms with Crippen molar-refractivity contribution in [1.29, 1.82) is 0 Å². The maximum atomic E-state index is 11.4. The van der Waals surface area contributed by atoms with Gasteiger partial charge >= 0.3 is 0 Å². The highest BCUT2D eigenvalue weighted by Crippen LogP contribution is 2.21. The van der Waals surface area contributed by atoms with Crippen LogP contribution in [0.15, 0.2) is 42.6 Å². The maximum absolute atomic E-state index is 11.4. The quantitative estimate of drug-likeness (QED) is 0.809. The summed E-state index contributed by atoms with van der Waals surface area (Å²) in [5, 5.41) is 8.24. The van der Waals surface area contributed by atoms with Crippen LogP contribution in [-0.2, 0) is 4.79 Å². The Morgan fingerprint density at radius 2 is 1.94 bits per heavy atom. The second-order valence-electron chi connectivity index (χ2n) is 4.37. The van der Waals surface area contributed by atoms with Gasteiger partial charge in [0.1, 0.15) is 5.69 Å². The van der Waals surface area contributed by atoms with Gasteiger partial charge in [-0.1, -0.05) is 35.5 Å². The number of ketones is 1. The SMILES string of the molecule is O=C1C=C(n2cc(-c3ccccc3)nn2)CCC1. The molecule has 18 heavy (non-hydrogen) atoms. The monoisotopic (exact) mass is 239 g/mol. The van der Waals surface area contributed by atoms with Crippen LogP contribution < -0.4 is 0 Å². The maximum Gasteiger partial charge on any atom is 0.157 e. The highest BCUT2D eigenvalue weighted by atomic mass is 16.1. The molecule has 0 N–H and O–H groups in total. The van der Waals surface area contributed by atoms with Crippen molar-refractivity contribution in [3.8, 4) is 11.3 Å². The van der Waals surface area contributed by atoms with Gasteiger partial charge in [-0.05, 0) is 12.8 Å². The molecule has 90 valence electrons. The zero-order chi connectivity index (χ0) is 12.4. The Labute approximate surface area is 105 Å². The molecule has 0 radical (unpaired) electrons. The molecule has 1 aliphatic carbocycles. The second kappa shape index (κ2) is 4.56. The van der Waals surface area contributed by atoms with E-state index >= 15 is 0 Å². The van der Waals surface area contributed by atoms with Crippen LogP contribution in [0.3, 0.4) is 0 Å². The van der Waals surface area contributed by atoms with Crippen molar-refractivity contribution in [2.45, 2.75) is 19.3 Å². The number of aromatic nitrogens is 3. The lowest BCUT2D eigenvalue weighted by atomic mass is 10.0. The van der Waals surface area contributed by atoms with Crippen LogP contribution in [0, 0.1) is 0 Å². The summed E-state index contributed by atoms with van der Waals surface area (Å²) in [6.45, 7) is 0. The van der Waals surface area contributed by atoms with E-state index in [2.05, 4.69) is 10.3 Å². The largest absolute Gasteiger partial charge is 0.295 e. The molecule has 4 heteroatoms. The van der Waals surface area contributed by atoms with E-state index < -0.39 is 0 Å². The van der Waals surface area contributed by atoms with E-state index in [1.54, 1.807) is 10.8 Å². The molecule has 1 aromatic carbocycles. The van der Waals surface area contributed by atoms with Crippen LogP contribution in [0.2, 0.25) is 0 Å². The van der Waals surface area contributed by atoms with Gasteiger partial charge in [0.15, 0.2) is 5.78 Å². The van der Waals surface area contributed by atoms with Crippen molar-refractivity contribution >= 4 is 11.5 Å². The summed E-state index contributed by atoms with van der Waals surface area (Å²) in [5.41, 5.74) is 2.79. The Morgan fingerprint density at radius 3 is 2.72 bits per heavy atom. The summed E-state index contributed by atoms with van der Waals surface area (Å²) in [6, 6.07) is 9.90. The Bertz CT molecular complexity index is 599.